The highest BCUT2D eigenvalue weighted by molar-refractivity contribution is 5.86. The minimum absolute atomic E-state index is 0.213. The first-order chi connectivity index (χ1) is 11.5. The molecule has 0 aliphatic carbocycles. The van der Waals surface area contributed by atoms with Crippen LogP contribution in [0.2, 0.25) is 0 Å². The van der Waals surface area contributed by atoms with E-state index in [0.29, 0.717) is 12.8 Å². The molecule has 2 N–H and O–H groups in total. The molecule has 0 aromatic heterocycles. The predicted octanol–water partition coefficient (Wildman–Crippen LogP) is -2.51. The van der Waals surface area contributed by atoms with E-state index in [2.05, 4.69) is 29.8 Å². The molecular formula is C12H16N3O9+. The molecule has 2 atom stereocenters. The molecule has 2 fully saturated rings. The van der Waals surface area contributed by atoms with Crippen molar-refractivity contribution in [2.24, 2.45) is 0 Å². The van der Waals surface area contributed by atoms with E-state index in [1.165, 1.54) is 0 Å². The van der Waals surface area contributed by atoms with Gasteiger partial charge in [0.1, 0.15) is 17.0 Å². The minimum atomic E-state index is -0.765. The molecule has 12 heteroatoms. The molecule has 2 amide bonds. The molecule has 0 aromatic rings. The fourth-order valence-electron chi connectivity index (χ4n) is 1.99. The van der Waals surface area contributed by atoms with Gasteiger partial charge in [0.2, 0.25) is 13.2 Å². The van der Waals surface area contributed by atoms with Crippen molar-refractivity contribution in [3.8, 4) is 0 Å². The molecule has 2 rings (SSSR count). The van der Waals surface area contributed by atoms with Gasteiger partial charge in [-0.25, -0.2) is 9.59 Å². The number of ether oxygens (including phenoxy) is 2. The van der Waals surface area contributed by atoms with Crippen molar-refractivity contribution in [3.63, 3.8) is 0 Å². The molecule has 0 bridgehead atoms. The third-order valence-electron chi connectivity index (χ3n) is 3.14. The summed E-state index contributed by atoms with van der Waals surface area (Å²) in [6.07, 6.45) is 0.678. The normalized spacial score (nSPS) is 22.3. The Labute approximate surface area is 135 Å². The van der Waals surface area contributed by atoms with Gasteiger partial charge in [-0.2, -0.15) is 9.68 Å². The summed E-state index contributed by atoms with van der Waals surface area (Å²) in [5.74, 6) is -2.55. The summed E-state index contributed by atoms with van der Waals surface area (Å²) in [5, 5.41) is 4.22. The lowest BCUT2D eigenvalue weighted by Crippen LogP contribution is -2.41. The second kappa shape index (κ2) is 8.08. The number of hydrogen-bond acceptors (Lipinski definition) is 9. The highest BCUT2D eigenvalue weighted by Crippen LogP contribution is 2.06. The number of carbonyl (C=O) groups is 4. The summed E-state index contributed by atoms with van der Waals surface area (Å²) in [6.45, 7) is -0.982. The van der Waals surface area contributed by atoms with Crippen LogP contribution in [0, 0.1) is 4.91 Å². The van der Waals surface area contributed by atoms with Gasteiger partial charge in [0.05, 0.1) is 13.2 Å². The van der Waals surface area contributed by atoms with Crippen LogP contribution in [0.5, 0.6) is 0 Å². The molecule has 0 spiro atoms. The van der Waals surface area contributed by atoms with Gasteiger partial charge in [-0.15, -0.1) is 0 Å². The van der Waals surface area contributed by atoms with Gasteiger partial charge >= 0.3 is 17.0 Å². The fourth-order valence-corrected chi connectivity index (χ4v) is 1.99. The number of nitrogens with one attached hydrogen (secondary N) is 2. The Morgan fingerprint density at radius 1 is 0.958 bits per heavy atom. The molecule has 2 aliphatic rings. The molecule has 2 saturated heterocycles. The largest absolute Gasteiger partial charge is 0.478 e. The van der Waals surface area contributed by atoms with Gasteiger partial charge in [0, 0.05) is 12.8 Å². The van der Waals surface area contributed by atoms with Crippen LogP contribution in [0.3, 0.4) is 0 Å². The Balaban J connectivity index is 1.59. The summed E-state index contributed by atoms with van der Waals surface area (Å²) in [4.78, 5) is 65.2. The molecule has 132 valence electrons. The molecule has 2 aliphatic heterocycles. The maximum Gasteiger partial charge on any atom is 0.478 e. The summed E-state index contributed by atoms with van der Waals surface area (Å²) in [5.41, 5.74) is 0. The molecule has 2 heterocycles. The van der Waals surface area contributed by atoms with Crippen molar-refractivity contribution in [2.75, 3.05) is 26.4 Å². The molecule has 0 aromatic carbocycles. The third-order valence-corrected chi connectivity index (χ3v) is 3.14. The zero-order valence-corrected chi connectivity index (χ0v) is 12.5. The van der Waals surface area contributed by atoms with Crippen LogP contribution in [0.25, 0.3) is 0 Å². The SMILES string of the molecule is O=C(CO[N+](=O)OCC(=O)NC1CCOC1=O)NC1CCOC1=O. The second-order valence-corrected chi connectivity index (χ2v) is 4.92. The van der Waals surface area contributed by atoms with Crippen molar-refractivity contribution in [2.45, 2.75) is 24.9 Å². The van der Waals surface area contributed by atoms with Gasteiger partial charge < -0.3 is 20.1 Å². The standard InChI is InChI=1S/C12H15N3O9/c16-9(13-7-1-3-21-11(7)18)5-23-15(20)24-6-10(17)14-8-2-4-22-12(8)19/h7-8H,1-6H2,(H-,13,14,16,17)/p+1. The lowest BCUT2D eigenvalue weighted by Gasteiger charge is -2.06. The van der Waals surface area contributed by atoms with E-state index in [-0.39, 0.29) is 13.2 Å². The van der Waals surface area contributed by atoms with Gasteiger partial charge in [-0.1, -0.05) is 0 Å². The molecule has 24 heavy (non-hydrogen) atoms. The summed E-state index contributed by atoms with van der Waals surface area (Å²) in [6, 6.07) is -1.53. The van der Waals surface area contributed by atoms with Crippen molar-refractivity contribution < 1.29 is 43.4 Å². The van der Waals surface area contributed by atoms with E-state index in [1.807, 2.05) is 0 Å². The second-order valence-electron chi connectivity index (χ2n) is 4.92. The van der Waals surface area contributed by atoms with Crippen LogP contribution in [-0.2, 0) is 38.3 Å². The zero-order chi connectivity index (χ0) is 17.5. The highest BCUT2D eigenvalue weighted by atomic mass is 17.0. The Bertz CT molecular complexity index is 504. The summed E-state index contributed by atoms with van der Waals surface area (Å²) >= 11 is 0. The van der Waals surface area contributed by atoms with E-state index >= 15 is 0 Å². The Morgan fingerprint density at radius 3 is 1.71 bits per heavy atom. The predicted molar refractivity (Wildman–Crippen MR) is 70.5 cm³/mol. The number of hydrogen-bond donors (Lipinski definition) is 2. The first kappa shape index (κ1) is 17.4. The lowest BCUT2D eigenvalue weighted by molar-refractivity contribution is -0.977. The number of cyclic esters (lactones) is 2. The Hall–Kier alpha value is -2.92. The van der Waals surface area contributed by atoms with Crippen LogP contribution in [-0.4, -0.2) is 67.4 Å². The zero-order valence-electron chi connectivity index (χ0n) is 12.5. The minimum Gasteiger partial charge on any atom is -0.464 e. The van der Waals surface area contributed by atoms with Crippen molar-refractivity contribution in [1.29, 1.82) is 0 Å². The Morgan fingerprint density at radius 2 is 1.38 bits per heavy atom. The topological polar surface area (TPSA) is 149 Å². The Kier molecular flexibility index (Phi) is 5.87. The maximum absolute atomic E-state index is 11.5. The number of nitrogens with zero attached hydrogens (tertiary/aromatic N) is 1. The molecule has 2 unspecified atom stereocenters. The summed E-state index contributed by atoms with van der Waals surface area (Å²) < 4.78 is 9.30. The van der Waals surface area contributed by atoms with Crippen molar-refractivity contribution >= 4 is 23.8 Å². The molecule has 0 radical (unpaired) electrons. The first-order valence-corrected chi connectivity index (χ1v) is 7.11. The van der Waals surface area contributed by atoms with E-state index in [9.17, 15) is 24.1 Å². The van der Waals surface area contributed by atoms with Crippen LogP contribution >= 0.6 is 0 Å². The smallest absolute Gasteiger partial charge is 0.464 e. The number of carbonyl (C=O) groups excluding carboxylic acids is 4. The molecular weight excluding hydrogens is 330 g/mol. The van der Waals surface area contributed by atoms with Gasteiger partial charge in [0.15, 0.2) is 0 Å². The van der Waals surface area contributed by atoms with E-state index in [0.717, 1.165) is 0 Å². The molecule has 12 nitrogen and oxygen atoms in total. The summed E-state index contributed by atoms with van der Waals surface area (Å²) in [7, 11) is 0. The van der Waals surface area contributed by atoms with Crippen LogP contribution in [0.4, 0.5) is 0 Å². The number of amides is 2. The first-order valence-electron chi connectivity index (χ1n) is 7.11. The van der Waals surface area contributed by atoms with Crippen LogP contribution in [0.1, 0.15) is 12.8 Å². The number of esters is 2. The third kappa shape index (κ3) is 5.07. The molecule has 0 saturated carbocycles. The van der Waals surface area contributed by atoms with E-state index in [1.54, 1.807) is 0 Å². The van der Waals surface area contributed by atoms with Crippen molar-refractivity contribution in [3.05, 3.63) is 4.91 Å². The number of rotatable bonds is 8. The maximum atomic E-state index is 11.5. The van der Waals surface area contributed by atoms with E-state index in [4.69, 9.17) is 0 Å². The highest BCUT2D eigenvalue weighted by Gasteiger charge is 2.30. The van der Waals surface area contributed by atoms with Gasteiger partial charge in [-0.05, 0) is 0 Å². The lowest BCUT2D eigenvalue weighted by atomic mass is 10.2. The van der Waals surface area contributed by atoms with Gasteiger partial charge in [0.25, 0.3) is 11.8 Å². The van der Waals surface area contributed by atoms with Crippen LogP contribution < -0.4 is 10.6 Å². The quantitative estimate of drug-likeness (QED) is 0.359. The van der Waals surface area contributed by atoms with Crippen molar-refractivity contribution in [1.82, 2.24) is 10.6 Å². The van der Waals surface area contributed by atoms with Crippen LogP contribution in [0.15, 0.2) is 0 Å². The average Bonchev–Trinajstić information content (AvgIpc) is 3.12. The average molecular weight is 346 g/mol. The fraction of sp³-hybridized carbons (Fsp3) is 0.667. The van der Waals surface area contributed by atoms with Gasteiger partial charge in [-0.3, -0.25) is 9.59 Å². The monoisotopic (exact) mass is 346 g/mol. The van der Waals surface area contributed by atoms with E-state index < -0.39 is 54.1 Å².